The molecule has 0 saturated carbocycles. The number of para-hydroxylation sites is 1. The van der Waals surface area contributed by atoms with Gasteiger partial charge in [0.15, 0.2) is 0 Å². The van der Waals surface area contributed by atoms with E-state index in [1.165, 1.54) is 22.0 Å². The zero-order valence-corrected chi connectivity index (χ0v) is 18.6. The number of anilines is 1. The molecule has 1 atom stereocenters. The average molecular weight is 419 g/mol. The molecule has 1 amide bonds. The highest BCUT2D eigenvalue weighted by molar-refractivity contribution is 5.83. The third-order valence-electron chi connectivity index (χ3n) is 6.77. The number of carbonyl (C=O) groups is 1. The Kier molecular flexibility index (Phi) is 5.14. The van der Waals surface area contributed by atoms with Gasteiger partial charge in [-0.1, -0.05) is 18.2 Å². The van der Waals surface area contributed by atoms with E-state index in [9.17, 15) is 4.79 Å². The Morgan fingerprint density at radius 2 is 2.06 bits per heavy atom. The van der Waals surface area contributed by atoms with Crippen LogP contribution < -0.4 is 5.32 Å². The lowest BCUT2D eigenvalue weighted by Gasteiger charge is -2.29. The van der Waals surface area contributed by atoms with Gasteiger partial charge < -0.3 is 14.8 Å². The molecule has 4 heterocycles. The van der Waals surface area contributed by atoms with Crippen LogP contribution in [0.2, 0.25) is 0 Å². The fourth-order valence-electron chi connectivity index (χ4n) is 5.08. The monoisotopic (exact) mass is 418 g/mol. The maximum atomic E-state index is 11.8. The van der Waals surface area contributed by atoms with Crippen molar-refractivity contribution in [3.8, 4) is 0 Å². The summed E-state index contributed by atoms with van der Waals surface area (Å²) in [4.78, 5) is 26.0. The summed E-state index contributed by atoms with van der Waals surface area (Å²) >= 11 is 0. The van der Waals surface area contributed by atoms with E-state index in [0.29, 0.717) is 0 Å². The van der Waals surface area contributed by atoms with Gasteiger partial charge in [0.2, 0.25) is 5.91 Å². The predicted octanol–water partition coefficient (Wildman–Crippen LogP) is 2.90. The van der Waals surface area contributed by atoms with Gasteiger partial charge >= 0.3 is 0 Å². The fraction of sp³-hybridized carbons (Fsp3) is 0.458. The summed E-state index contributed by atoms with van der Waals surface area (Å²) in [6, 6.07) is 8.59. The van der Waals surface area contributed by atoms with Crippen LogP contribution in [-0.4, -0.2) is 56.9 Å². The molecule has 2 aromatic heterocycles. The second kappa shape index (κ2) is 7.96. The van der Waals surface area contributed by atoms with Gasteiger partial charge in [-0.05, 0) is 24.5 Å². The van der Waals surface area contributed by atoms with Crippen LogP contribution in [0.25, 0.3) is 10.9 Å². The molecule has 2 aliphatic heterocycles. The third kappa shape index (κ3) is 3.67. The second-order valence-corrected chi connectivity index (χ2v) is 8.80. The standard InChI is InChI=1S/C24H30N6O/c1-16(31)30-11-8-17(14-30)23-26-21-15-29(10-9-20(21)24(25-2)27-23)13-18-12-28(3)22-7-5-4-6-19(18)22/h4-7,12,17H,8-11,13-15H2,1-3H3,(H,25,26,27)/t17-/m1/s1. The zero-order valence-electron chi connectivity index (χ0n) is 18.6. The average Bonchev–Trinajstić information content (AvgIpc) is 3.39. The van der Waals surface area contributed by atoms with Crippen LogP contribution >= 0.6 is 0 Å². The highest BCUT2D eigenvalue weighted by Crippen LogP contribution is 2.31. The molecule has 0 unspecified atom stereocenters. The molecule has 2 aliphatic rings. The molecular formula is C24H30N6O. The van der Waals surface area contributed by atoms with Crippen LogP contribution in [0, 0.1) is 0 Å². The number of likely N-dealkylation sites (tertiary alicyclic amines) is 1. The molecule has 0 bridgehead atoms. The van der Waals surface area contributed by atoms with Gasteiger partial charge in [0, 0.05) is 82.3 Å². The number of fused-ring (bicyclic) bond motifs is 2. The van der Waals surface area contributed by atoms with Crippen molar-refractivity contribution in [1.82, 2.24) is 24.3 Å². The number of hydrogen-bond acceptors (Lipinski definition) is 5. The van der Waals surface area contributed by atoms with E-state index in [-0.39, 0.29) is 11.8 Å². The molecule has 1 aromatic carbocycles. The molecule has 31 heavy (non-hydrogen) atoms. The Labute approximate surface area is 183 Å². The summed E-state index contributed by atoms with van der Waals surface area (Å²) in [6.45, 7) is 5.89. The molecule has 7 heteroatoms. The number of amides is 1. The summed E-state index contributed by atoms with van der Waals surface area (Å²) in [6.07, 6.45) is 4.13. The van der Waals surface area contributed by atoms with E-state index in [0.717, 1.165) is 62.9 Å². The highest BCUT2D eigenvalue weighted by atomic mass is 16.2. The first-order chi connectivity index (χ1) is 15.0. The van der Waals surface area contributed by atoms with Gasteiger partial charge in [-0.2, -0.15) is 0 Å². The van der Waals surface area contributed by atoms with Crippen molar-refractivity contribution in [2.75, 3.05) is 32.0 Å². The third-order valence-corrected chi connectivity index (χ3v) is 6.77. The number of nitrogens with zero attached hydrogens (tertiary/aromatic N) is 5. The van der Waals surface area contributed by atoms with E-state index in [1.807, 2.05) is 11.9 Å². The van der Waals surface area contributed by atoms with Gasteiger partial charge in [0.25, 0.3) is 0 Å². The molecule has 0 radical (unpaired) electrons. The van der Waals surface area contributed by atoms with Crippen molar-refractivity contribution in [1.29, 1.82) is 0 Å². The number of carbonyl (C=O) groups excluding carboxylic acids is 1. The van der Waals surface area contributed by atoms with Crippen LogP contribution in [0.4, 0.5) is 5.82 Å². The maximum Gasteiger partial charge on any atom is 0.219 e. The second-order valence-electron chi connectivity index (χ2n) is 8.80. The Hall–Kier alpha value is -2.93. The number of hydrogen-bond donors (Lipinski definition) is 1. The molecule has 1 saturated heterocycles. The van der Waals surface area contributed by atoms with E-state index in [1.54, 1.807) is 6.92 Å². The van der Waals surface area contributed by atoms with Crippen LogP contribution in [0.1, 0.15) is 41.9 Å². The Morgan fingerprint density at radius 1 is 1.23 bits per heavy atom. The number of nitrogens with one attached hydrogen (secondary N) is 1. The van der Waals surface area contributed by atoms with Crippen molar-refractivity contribution >= 4 is 22.6 Å². The Balaban J connectivity index is 1.40. The Bertz CT molecular complexity index is 1140. The molecule has 162 valence electrons. The molecule has 1 N–H and O–H groups in total. The van der Waals surface area contributed by atoms with Gasteiger partial charge in [-0.25, -0.2) is 9.97 Å². The maximum absolute atomic E-state index is 11.8. The predicted molar refractivity (Wildman–Crippen MR) is 122 cm³/mol. The minimum atomic E-state index is 0.135. The van der Waals surface area contributed by atoms with Crippen molar-refractivity contribution in [2.24, 2.45) is 7.05 Å². The van der Waals surface area contributed by atoms with Crippen molar-refractivity contribution in [3.05, 3.63) is 53.1 Å². The lowest BCUT2D eigenvalue weighted by Crippen LogP contribution is -2.32. The topological polar surface area (TPSA) is 66.3 Å². The smallest absolute Gasteiger partial charge is 0.219 e. The number of aryl methyl sites for hydroxylation is 1. The summed E-state index contributed by atoms with van der Waals surface area (Å²) in [5, 5.41) is 4.62. The van der Waals surface area contributed by atoms with Gasteiger partial charge in [-0.15, -0.1) is 0 Å². The minimum Gasteiger partial charge on any atom is -0.373 e. The van der Waals surface area contributed by atoms with Crippen LogP contribution in [0.3, 0.4) is 0 Å². The molecule has 3 aromatic rings. The quantitative estimate of drug-likeness (QED) is 0.706. The summed E-state index contributed by atoms with van der Waals surface area (Å²) in [5.41, 5.74) is 5.00. The minimum absolute atomic E-state index is 0.135. The zero-order chi connectivity index (χ0) is 21.5. The SMILES string of the molecule is CNc1nc([C@@H]2CCN(C(C)=O)C2)nc2c1CCN(Cc1cn(C)c3ccccc13)C2. The molecular weight excluding hydrogens is 388 g/mol. The van der Waals surface area contributed by atoms with Crippen LogP contribution in [0.15, 0.2) is 30.5 Å². The van der Waals surface area contributed by atoms with Crippen molar-refractivity contribution in [2.45, 2.75) is 38.8 Å². The lowest BCUT2D eigenvalue weighted by atomic mass is 10.0. The van der Waals surface area contributed by atoms with E-state index < -0.39 is 0 Å². The van der Waals surface area contributed by atoms with Crippen molar-refractivity contribution < 1.29 is 4.79 Å². The van der Waals surface area contributed by atoms with Crippen LogP contribution in [0.5, 0.6) is 0 Å². The van der Waals surface area contributed by atoms with Gasteiger partial charge in [0.05, 0.1) is 5.69 Å². The first kappa shape index (κ1) is 20.0. The highest BCUT2D eigenvalue weighted by Gasteiger charge is 2.30. The molecule has 1 fully saturated rings. The molecule has 5 rings (SSSR count). The molecule has 0 spiro atoms. The molecule has 0 aliphatic carbocycles. The van der Waals surface area contributed by atoms with Gasteiger partial charge in [-0.3, -0.25) is 9.69 Å². The lowest BCUT2D eigenvalue weighted by molar-refractivity contribution is -0.127. The summed E-state index contributed by atoms with van der Waals surface area (Å²) in [7, 11) is 4.05. The Morgan fingerprint density at radius 3 is 2.84 bits per heavy atom. The van der Waals surface area contributed by atoms with Gasteiger partial charge in [0.1, 0.15) is 11.6 Å². The number of aromatic nitrogens is 3. The normalized spacial score (nSPS) is 19.1. The van der Waals surface area contributed by atoms with E-state index in [2.05, 4.69) is 52.3 Å². The summed E-state index contributed by atoms with van der Waals surface area (Å²) < 4.78 is 2.21. The van der Waals surface area contributed by atoms with E-state index >= 15 is 0 Å². The summed E-state index contributed by atoms with van der Waals surface area (Å²) in [5.74, 6) is 2.18. The number of benzene rings is 1. The molecule has 7 nitrogen and oxygen atoms in total. The van der Waals surface area contributed by atoms with E-state index in [4.69, 9.17) is 9.97 Å². The number of rotatable bonds is 4. The van der Waals surface area contributed by atoms with Crippen molar-refractivity contribution in [3.63, 3.8) is 0 Å². The first-order valence-corrected chi connectivity index (χ1v) is 11.1. The van der Waals surface area contributed by atoms with Crippen LogP contribution in [-0.2, 0) is 31.4 Å². The first-order valence-electron chi connectivity index (χ1n) is 11.1. The fourth-order valence-corrected chi connectivity index (χ4v) is 5.08. The largest absolute Gasteiger partial charge is 0.373 e.